The normalized spacial score (nSPS) is 10.6. The molecule has 0 atom stereocenters. The minimum Gasteiger partial charge on any atom is -0.330 e. The average molecular weight is 166 g/mol. The van der Waals surface area contributed by atoms with Gasteiger partial charge < -0.3 is 4.98 Å². The van der Waals surface area contributed by atoms with Gasteiger partial charge in [0.05, 0.1) is 6.20 Å². The summed E-state index contributed by atoms with van der Waals surface area (Å²) in [6.07, 6.45) is 5.17. The first kappa shape index (κ1) is 6.60. The maximum Gasteiger partial charge on any atom is 0.181 e. The predicted octanol–water partition coefficient (Wildman–Crippen LogP) is 1.07. The number of hydrogen-bond donors (Lipinski definition) is 1. The Morgan fingerprint density at radius 3 is 3.18 bits per heavy atom. The van der Waals surface area contributed by atoms with Crippen LogP contribution in [0.2, 0.25) is 0 Å². The van der Waals surface area contributed by atoms with Gasteiger partial charge in [-0.05, 0) is 6.26 Å². The van der Waals surface area contributed by atoms with Crippen LogP contribution in [0.15, 0.2) is 17.7 Å². The van der Waals surface area contributed by atoms with Crippen molar-refractivity contribution < 1.29 is 0 Å². The molecule has 0 spiro atoms. The molecule has 11 heavy (non-hydrogen) atoms. The van der Waals surface area contributed by atoms with E-state index in [0.29, 0.717) is 0 Å². The number of nitrogens with one attached hydrogen (secondary N) is 1. The zero-order chi connectivity index (χ0) is 7.68. The van der Waals surface area contributed by atoms with Crippen LogP contribution in [0.5, 0.6) is 0 Å². The largest absolute Gasteiger partial charge is 0.330 e. The summed E-state index contributed by atoms with van der Waals surface area (Å²) < 4.78 is 0. The number of thioether (sulfide) groups is 1. The monoisotopic (exact) mass is 166 g/mol. The lowest BCUT2D eigenvalue weighted by atomic mass is 10.6. The predicted molar refractivity (Wildman–Crippen MR) is 43.5 cm³/mol. The highest BCUT2D eigenvalue weighted by molar-refractivity contribution is 7.98. The van der Waals surface area contributed by atoms with Crippen LogP contribution in [-0.2, 0) is 0 Å². The lowest BCUT2D eigenvalue weighted by Gasteiger charge is -1.80. The zero-order valence-corrected chi connectivity index (χ0v) is 6.72. The van der Waals surface area contributed by atoms with Gasteiger partial charge in [0, 0.05) is 0 Å². The van der Waals surface area contributed by atoms with Crippen molar-refractivity contribution in [2.75, 3.05) is 6.26 Å². The summed E-state index contributed by atoms with van der Waals surface area (Å²) in [4.78, 5) is 15.1. The molecule has 0 aliphatic rings. The Morgan fingerprint density at radius 2 is 2.45 bits per heavy atom. The van der Waals surface area contributed by atoms with Gasteiger partial charge >= 0.3 is 0 Å². The molecule has 0 unspecified atom stereocenters. The Labute approximate surface area is 67.5 Å². The van der Waals surface area contributed by atoms with E-state index in [-0.39, 0.29) is 0 Å². The van der Waals surface area contributed by atoms with Gasteiger partial charge in [-0.15, -0.1) is 0 Å². The smallest absolute Gasteiger partial charge is 0.181 e. The Bertz CT molecular complexity index is 336. The van der Waals surface area contributed by atoms with E-state index in [1.54, 1.807) is 18.0 Å². The minimum absolute atomic E-state index is 0.726. The SMILES string of the molecule is CSc1nc2ncncc2[nH]1. The molecule has 0 aromatic carbocycles. The highest BCUT2D eigenvalue weighted by Gasteiger charge is 1.99. The average Bonchev–Trinajstić information content (AvgIpc) is 2.46. The van der Waals surface area contributed by atoms with E-state index in [2.05, 4.69) is 19.9 Å². The summed E-state index contributed by atoms with van der Waals surface area (Å²) in [6.45, 7) is 0. The molecule has 0 bridgehead atoms. The number of imidazole rings is 1. The van der Waals surface area contributed by atoms with Crippen molar-refractivity contribution in [1.29, 1.82) is 0 Å². The van der Waals surface area contributed by atoms with E-state index in [1.165, 1.54) is 6.33 Å². The molecule has 2 aromatic heterocycles. The number of aromatic amines is 1. The Balaban J connectivity index is 2.69. The Morgan fingerprint density at radius 1 is 1.55 bits per heavy atom. The summed E-state index contributed by atoms with van der Waals surface area (Å²) in [6, 6.07) is 0. The van der Waals surface area contributed by atoms with Crippen LogP contribution < -0.4 is 0 Å². The van der Waals surface area contributed by atoms with Crippen molar-refractivity contribution in [3.63, 3.8) is 0 Å². The van der Waals surface area contributed by atoms with Gasteiger partial charge in [0.15, 0.2) is 10.8 Å². The van der Waals surface area contributed by atoms with Crippen molar-refractivity contribution in [2.45, 2.75) is 5.16 Å². The molecule has 0 radical (unpaired) electrons. The Hall–Kier alpha value is -1.10. The standard InChI is InChI=1S/C6H6N4S/c1-11-6-9-4-2-7-3-8-5(4)10-6/h2-3H,1H3,(H,7,8,9,10). The molecule has 2 heterocycles. The first-order valence-corrected chi connectivity index (χ1v) is 4.32. The second-order valence-electron chi connectivity index (χ2n) is 2.01. The van der Waals surface area contributed by atoms with Crippen LogP contribution >= 0.6 is 11.8 Å². The van der Waals surface area contributed by atoms with Crippen molar-refractivity contribution >= 4 is 22.9 Å². The summed E-state index contributed by atoms with van der Waals surface area (Å²) >= 11 is 1.56. The van der Waals surface area contributed by atoms with Gasteiger partial charge in [0.2, 0.25) is 0 Å². The molecule has 4 nitrogen and oxygen atoms in total. The van der Waals surface area contributed by atoms with E-state index in [1.807, 2.05) is 6.26 Å². The minimum atomic E-state index is 0.726. The third kappa shape index (κ3) is 1.07. The molecular formula is C6H6N4S. The first-order chi connectivity index (χ1) is 5.40. The molecule has 0 fully saturated rings. The van der Waals surface area contributed by atoms with Crippen molar-refractivity contribution in [3.05, 3.63) is 12.5 Å². The molecule has 0 saturated carbocycles. The summed E-state index contributed by atoms with van der Waals surface area (Å²) in [5, 5.41) is 0.875. The van der Waals surface area contributed by atoms with Gasteiger partial charge in [0.25, 0.3) is 0 Å². The topological polar surface area (TPSA) is 54.5 Å². The van der Waals surface area contributed by atoms with Crippen LogP contribution in [0.1, 0.15) is 0 Å². The summed E-state index contributed by atoms with van der Waals surface area (Å²) in [5.41, 5.74) is 1.61. The van der Waals surface area contributed by atoms with Crippen molar-refractivity contribution in [2.24, 2.45) is 0 Å². The maximum absolute atomic E-state index is 4.19. The molecule has 0 saturated heterocycles. The molecule has 56 valence electrons. The van der Waals surface area contributed by atoms with Crippen LogP contribution in [0.3, 0.4) is 0 Å². The fourth-order valence-corrected chi connectivity index (χ4v) is 1.23. The third-order valence-corrected chi connectivity index (χ3v) is 1.91. The molecular weight excluding hydrogens is 160 g/mol. The molecule has 5 heteroatoms. The van der Waals surface area contributed by atoms with Crippen LogP contribution in [0.4, 0.5) is 0 Å². The Kier molecular flexibility index (Phi) is 1.50. The van der Waals surface area contributed by atoms with Gasteiger partial charge in [-0.25, -0.2) is 15.0 Å². The van der Waals surface area contributed by atoms with Gasteiger partial charge in [0.1, 0.15) is 11.8 Å². The van der Waals surface area contributed by atoms with E-state index in [4.69, 9.17) is 0 Å². The lowest BCUT2D eigenvalue weighted by molar-refractivity contribution is 1.08. The van der Waals surface area contributed by atoms with Crippen LogP contribution in [-0.4, -0.2) is 26.2 Å². The fourth-order valence-electron chi connectivity index (χ4n) is 0.836. The molecule has 0 aliphatic heterocycles. The van der Waals surface area contributed by atoms with Gasteiger partial charge in [-0.3, -0.25) is 0 Å². The summed E-state index contributed by atoms with van der Waals surface area (Å²) in [7, 11) is 0. The van der Waals surface area contributed by atoms with Gasteiger partial charge in [-0.1, -0.05) is 11.8 Å². The van der Waals surface area contributed by atoms with Gasteiger partial charge in [-0.2, -0.15) is 0 Å². The molecule has 0 aliphatic carbocycles. The van der Waals surface area contributed by atoms with Crippen LogP contribution in [0.25, 0.3) is 11.2 Å². The van der Waals surface area contributed by atoms with E-state index in [9.17, 15) is 0 Å². The van der Waals surface area contributed by atoms with E-state index in [0.717, 1.165) is 16.3 Å². The highest BCUT2D eigenvalue weighted by atomic mass is 32.2. The number of hydrogen-bond acceptors (Lipinski definition) is 4. The zero-order valence-electron chi connectivity index (χ0n) is 5.90. The van der Waals surface area contributed by atoms with Crippen molar-refractivity contribution in [1.82, 2.24) is 19.9 Å². The second-order valence-corrected chi connectivity index (χ2v) is 2.80. The number of rotatable bonds is 1. The molecule has 1 N–H and O–H groups in total. The maximum atomic E-state index is 4.19. The quantitative estimate of drug-likeness (QED) is 0.644. The molecule has 2 aromatic rings. The van der Waals surface area contributed by atoms with Crippen LogP contribution in [0, 0.1) is 0 Å². The van der Waals surface area contributed by atoms with Crippen molar-refractivity contribution in [3.8, 4) is 0 Å². The van der Waals surface area contributed by atoms with E-state index >= 15 is 0 Å². The number of H-pyrrole nitrogens is 1. The second kappa shape index (κ2) is 2.50. The van der Waals surface area contributed by atoms with E-state index < -0.39 is 0 Å². The summed E-state index contributed by atoms with van der Waals surface area (Å²) in [5.74, 6) is 0. The molecule has 0 amide bonds. The number of aromatic nitrogens is 4. The fraction of sp³-hybridized carbons (Fsp3) is 0.167. The lowest BCUT2D eigenvalue weighted by Crippen LogP contribution is -1.76. The number of fused-ring (bicyclic) bond motifs is 1. The third-order valence-electron chi connectivity index (χ3n) is 1.33. The highest BCUT2D eigenvalue weighted by Crippen LogP contribution is 2.13. The first-order valence-electron chi connectivity index (χ1n) is 3.10. The molecule has 2 rings (SSSR count). The number of nitrogens with zero attached hydrogens (tertiary/aromatic N) is 3.